The van der Waals surface area contributed by atoms with Crippen LogP contribution in [0.1, 0.15) is 41.7 Å². The van der Waals surface area contributed by atoms with Crippen molar-refractivity contribution >= 4 is 23.8 Å². The minimum Gasteiger partial charge on any atom is -0.392 e. The Balaban J connectivity index is 2.42. The summed E-state index contributed by atoms with van der Waals surface area (Å²) in [7, 11) is 1.83. The lowest BCUT2D eigenvalue weighted by atomic mass is 9.79. The minimum absolute atomic E-state index is 0.0497. The first-order valence-electron chi connectivity index (χ1n) is 12.0. The predicted octanol–water partition coefficient (Wildman–Crippen LogP) is 5.44. The number of aldehydes is 1. The van der Waals surface area contributed by atoms with Crippen LogP contribution in [0.2, 0.25) is 0 Å². The molecule has 0 amide bonds. The van der Waals surface area contributed by atoms with Gasteiger partial charge in [-0.1, -0.05) is 54.6 Å². The second kappa shape index (κ2) is 12.2. The first kappa shape index (κ1) is 26.8. The van der Waals surface area contributed by atoms with Crippen molar-refractivity contribution in [3.63, 3.8) is 0 Å². The molecule has 1 unspecified atom stereocenters. The maximum Gasteiger partial charge on any atom is 0.143 e. The monoisotopic (exact) mass is 482 g/mol. The number of carbonyl (C=O) groups is 1. The summed E-state index contributed by atoms with van der Waals surface area (Å²) in [6.07, 6.45) is 15.6. The third kappa shape index (κ3) is 5.54. The van der Waals surface area contributed by atoms with E-state index in [0.29, 0.717) is 17.6 Å². The van der Waals surface area contributed by atoms with Gasteiger partial charge in [-0.05, 0) is 84.4 Å². The third-order valence-electron chi connectivity index (χ3n) is 6.47. The molecule has 0 saturated heterocycles. The average molecular weight is 483 g/mol. The van der Waals surface area contributed by atoms with Gasteiger partial charge in [0.2, 0.25) is 0 Å². The molecule has 3 N–H and O–H groups in total. The highest BCUT2D eigenvalue weighted by Gasteiger charge is 2.35. The molecule has 0 saturated carbocycles. The molecule has 0 spiro atoms. The predicted molar refractivity (Wildman–Crippen MR) is 149 cm³/mol. The minimum atomic E-state index is -1.42. The summed E-state index contributed by atoms with van der Waals surface area (Å²) in [5, 5.41) is 24.7. The number of anilines is 1. The summed E-state index contributed by atoms with van der Waals surface area (Å²) < 4.78 is 0. The van der Waals surface area contributed by atoms with E-state index in [9.17, 15) is 9.90 Å². The van der Waals surface area contributed by atoms with Crippen molar-refractivity contribution in [1.82, 2.24) is 0 Å². The number of hydrogen-bond acceptors (Lipinski definition) is 5. The summed E-state index contributed by atoms with van der Waals surface area (Å²) in [6.45, 7) is 5.71. The van der Waals surface area contributed by atoms with Gasteiger partial charge in [0.25, 0.3) is 0 Å². The maximum atomic E-state index is 12.3. The van der Waals surface area contributed by atoms with Crippen LogP contribution in [0, 0.1) is 6.92 Å². The van der Waals surface area contributed by atoms with Gasteiger partial charge in [-0.25, -0.2) is 0 Å². The number of aliphatic hydroxyl groups excluding tert-OH is 1. The number of nitrogens with one attached hydrogen (secondary N) is 1. The zero-order valence-electron chi connectivity index (χ0n) is 21.3. The lowest BCUT2D eigenvalue weighted by molar-refractivity contribution is -0.104. The Bertz CT molecular complexity index is 1290. The fourth-order valence-corrected chi connectivity index (χ4v) is 4.42. The molecule has 36 heavy (non-hydrogen) atoms. The molecule has 2 aromatic rings. The van der Waals surface area contributed by atoms with Crippen molar-refractivity contribution in [2.45, 2.75) is 32.8 Å². The van der Waals surface area contributed by atoms with E-state index in [2.05, 4.69) is 23.3 Å². The molecule has 4 bridgehead atoms. The van der Waals surface area contributed by atoms with Gasteiger partial charge in [-0.15, -0.1) is 0 Å². The fraction of sp³-hybridized carbons (Fsp3) is 0.226. The highest BCUT2D eigenvalue weighted by molar-refractivity contribution is 5.95. The van der Waals surface area contributed by atoms with E-state index in [0.717, 1.165) is 45.4 Å². The van der Waals surface area contributed by atoms with Gasteiger partial charge in [0.15, 0.2) is 0 Å². The smallest absolute Gasteiger partial charge is 0.143 e. The SMILES string of the molecule is C/C=N\C=C(/C)C1(O)c2ccc(C)c(c2)C/C=C(\C=C/C=CCO)C(=C/C=O)/c2cc1ccc2NC. The molecule has 1 aliphatic carbocycles. The number of aryl methyl sites for hydroxylation is 1. The van der Waals surface area contributed by atoms with Crippen molar-refractivity contribution in [2.24, 2.45) is 4.99 Å². The van der Waals surface area contributed by atoms with Crippen LogP contribution in [0.25, 0.3) is 5.57 Å². The molecule has 0 heterocycles. The first-order valence-corrected chi connectivity index (χ1v) is 12.0. The fourth-order valence-electron chi connectivity index (χ4n) is 4.42. The van der Waals surface area contributed by atoms with E-state index in [-0.39, 0.29) is 6.61 Å². The number of fused-ring (bicyclic) bond motifs is 4. The summed E-state index contributed by atoms with van der Waals surface area (Å²) >= 11 is 0. The molecule has 3 rings (SSSR count). The lowest BCUT2D eigenvalue weighted by Crippen LogP contribution is -2.29. The van der Waals surface area contributed by atoms with Crippen molar-refractivity contribution in [2.75, 3.05) is 19.0 Å². The van der Waals surface area contributed by atoms with Gasteiger partial charge in [0.1, 0.15) is 11.9 Å². The summed E-state index contributed by atoms with van der Waals surface area (Å²) in [4.78, 5) is 16.1. The van der Waals surface area contributed by atoms with Crippen LogP contribution in [0.15, 0.2) is 95.2 Å². The Labute approximate surface area is 213 Å². The molecule has 186 valence electrons. The Morgan fingerprint density at radius 2 is 1.92 bits per heavy atom. The molecule has 0 aliphatic heterocycles. The average Bonchev–Trinajstić information content (AvgIpc) is 2.90. The Kier molecular flexibility index (Phi) is 9.12. The zero-order valence-corrected chi connectivity index (χ0v) is 21.3. The number of aliphatic hydroxyl groups is 2. The number of allylic oxidation sites excluding steroid dienone is 7. The van der Waals surface area contributed by atoms with E-state index < -0.39 is 5.60 Å². The Morgan fingerprint density at radius 1 is 1.17 bits per heavy atom. The van der Waals surface area contributed by atoms with Crippen molar-refractivity contribution in [3.8, 4) is 0 Å². The van der Waals surface area contributed by atoms with Gasteiger partial charge in [-0.3, -0.25) is 9.79 Å². The van der Waals surface area contributed by atoms with Gasteiger partial charge < -0.3 is 15.5 Å². The number of rotatable bonds is 7. The Hall–Kier alpha value is -3.80. The van der Waals surface area contributed by atoms with Gasteiger partial charge in [-0.2, -0.15) is 0 Å². The lowest BCUT2D eigenvalue weighted by Gasteiger charge is -2.32. The first-order chi connectivity index (χ1) is 17.4. The quantitative estimate of drug-likeness (QED) is 0.213. The molecule has 5 nitrogen and oxygen atoms in total. The third-order valence-corrected chi connectivity index (χ3v) is 6.47. The van der Waals surface area contributed by atoms with Crippen LogP contribution in [-0.2, 0) is 16.8 Å². The van der Waals surface area contributed by atoms with E-state index in [1.165, 1.54) is 0 Å². The van der Waals surface area contributed by atoms with Crippen LogP contribution in [0.5, 0.6) is 0 Å². The largest absolute Gasteiger partial charge is 0.392 e. The van der Waals surface area contributed by atoms with E-state index in [1.807, 2.05) is 69.4 Å². The maximum absolute atomic E-state index is 12.3. The van der Waals surface area contributed by atoms with Gasteiger partial charge >= 0.3 is 0 Å². The topological polar surface area (TPSA) is 81.9 Å². The molecule has 1 aliphatic rings. The number of carbonyl (C=O) groups excluding carboxylic acids is 1. The molecular weight excluding hydrogens is 448 g/mol. The van der Waals surface area contributed by atoms with Crippen LogP contribution in [0.3, 0.4) is 0 Å². The molecule has 1 atom stereocenters. The molecule has 2 aromatic carbocycles. The molecular formula is C31H34N2O3. The second-order valence-corrected chi connectivity index (χ2v) is 8.63. The van der Waals surface area contributed by atoms with Gasteiger partial charge in [0, 0.05) is 30.7 Å². The van der Waals surface area contributed by atoms with Gasteiger partial charge in [0.05, 0.1) is 6.61 Å². The summed E-state index contributed by atoms with van der Waals surface area (Å²) in [5.41, 5.74) is 6.08. The van der Waals surface area contributed by atoms with Crippen LogP contribution in [0.4, 0.5) is 5.69 Å². The highest BCUT2D eigenvalue weighted by Crippen LogP contribution is 2.41. The van der Waals surface area contributed by atoms with Crippen LogP contribution in [-0.4, -0.2) is 36.4 Å². The molecule has 0 fully saturated rings. The van der Waals surface area contributed by atoms with Crippen molar-refractivity contribution < 1.29 is 15.0 Å². The van der Waals surface area contributed by atoms with Crippen LogP contribution < -0.4 is 5.32 Å². The second-order valence-electron chi connectivity index (χ2n) is 8.63. The number of aliphatic imine (C=N–C) groups is 1. The number of benzene rings is 2. The summed E-state index contributed by atoms with van der Waals surface area (Å²) in [5.74, 6) is 0. The Morgan fingerprint density at radius 3 is 2.61 bits per heavy atom. The molecule has 0 radical (unpaired) electrons. The summed E-state index contributed by atoms with van der Waals surface area (Å²) in [6, 6.07) is 11.8. The molecule has 5 heteroatoms. The molecule has 0 aromatic heterocycles. The van der Waals surface area contributed by atoms with Crippen molar-refractivity contribution in [3.05, 3.63) is 118 Å². The number of nitrogens with zero attached hydrogens (tertiary/aromatic N) is 1. The van der Waals surface area contributed by atoms with Crippen molar-refractivity contribution in [1.29, 1.82) is 0 Å². The van der Waals surface area contributed by atoms with E-state index >= 15 is 0 Å². The van der Waals surface area contributed by atoms with E-state index in [1.54, 1.807) is 30.6 Å². The number of hydrogen-bond donors (Lipinski definition) is 3. The standard InChI is InChI=1S/C31H34N2O3/c1-5-33-21-23(3)31(36)26-13-10-22(2)25(19-26)12-11-24(9-7-6-8-17-34)28(16-18-35)29-20-27(31)14-15-30(29)32-4/h5-11,13-16,18-21,32,34,36H,12,17H2,1-4H3/b8-6?,9-7-,23-21+,24-11+,28-16-,33-5-. The zero-order chi connectivity index (χ0) is 26.1. The normalized spacial score (nSPS) is 21.1. The van der Waals surface area contributed by atoms with E-state index in [4.69, 9.17) is 5.11 Å². The van der Waals surface area contributed by atoms with Crippen LogP contribution >= 0.6 is 0 Å². The highest BCUT2D eigenvalue weighted by atomic mass is 16.3.